The highest BCUT2D eigenvalue weighted by atomic mass is 19.4. The zero-order valence-electron chi connectivity index (χ0n) is 11.2. The van der Waals surface area contributed by atoms with Gasteiger partial charge >= 0.3 is 12.3 Å². The van der Waals surface area contributed by atoms with Crippen molar-refractivity contribution in [3.8, 4) is 5.75 Å². The molecule has 0 heterocycles. The molecule has 1 N–H and O–H groups in total. The Kier molecular flexibility index (Phi) is 4.54. The fourth-order valence-electron chi connectivity index (χ4n) is 1.70. The number of hydrogen-bond acceptors (Lipinski definition) is 2. The van der Waals surface area contributed by atoms with Crippen molar-refractivity contribution in [2.75, 3.05) is 5.32 Å². The lowest BCUT2D eigenvalue weighted by molar-refractivity contribution is -0.360. The molecule has 22 heavy (non-hydrogen) atoms. The number of ether oxygens (including phenoxy) is 1. The van der Waals surface area contributed by atoms with Crippen LogP contribution in [-0.2, 0) is 6.54 Å². The van der Waals surface area contributed by atoms with Crippen LogP contribution in [0.1, 0.15) is 5.56 Å². The fraction of sp³-hybridized carbons (Fsp3) is 0.200. The van der Waals surface area contributed by atoms with Crippen LogP contribution < -0.4 is 10.1 Å². The van der Waals surface area contributed by atoms with Crippen molar-refractivity contribution >= 4 is 5.69 Å². The van der Waals surface area contributed by atoms with Crippen molar-refractivity contribution in [2.24, 2.45) is 0 Å². The molecule has 0 radical (unpaired) electrons. The quantitative estimate of drug-likeness (QED) is 0.797. The van der Waals surface area contributed by atoms with E-state index in [0.29, 0.717) is 5.69 Å². The minimum atomic E-state index is -5.77. The molecule has 0 bridgehead atoms. The molecule has 2 nitrogen and oxygen atoms in total. The van der Waals surface area contributed by atoms with Gasteiger partial charge in [0.1, 0.15) is 5.75 Å². The topological polar surface area (TPSA) is 21.3 Å². The van der Waals surface area contributed by atoms with E-state index in [1.807, 2.05) is 0 Å². The zero-order chi connectivity index (χ0) is 16.2. The predicted octanol–water partition coefficient (Wildman–Crippen LogP) is 4.83. The second kappa shape index (κ2) is 6.21. The molecule has 2 aromatic carbocycles. The fourth-order valence-corrected chi connectivity index (χ4v) is 1.70. The minimum Gasteiger partial charge on any atom is -0.425 e. The lowest BCUT2D eigenvalue weighted by atomic mass is 10.2. The predicted molar refractivity (Wildman–Crippen MR) is 71.8 cm³/mol. The number of anilines is 1. The van der Waals surface area contributed by atoms with Crippen LogP contribution in [-0.4, -0.2) is 12.3 Å². The van der Waals surface area contributed by atoms with Gasteiger partial charge in [0.15, 0.2) is 0 Å². The summed E-state index contributed by atoms with van der Waals surface area (Å²) >= 11 is 0. The van der Waals surface area contributed by atoms with Gasteiger partial charge in [0.25, 0.3) is 0 Å². The summed E-state index contributed by atoms with van der Waals surface area (Å²) in [7, 11) is 0. The lowest BCUT2D eigenvalue weighted by Crippen LogP contribution is -2.42. The third-order valence-electron chi connectivity index (χ3n) is 2.80. The van der Waals surface area contributed by atoms with E-state index in [1.165, 1.54) is 18.2 Å². The first-order valence-corrected chi connectivity index (χ1v) is 6.30. The Morgan fingerprint density at radius 1 is 0.818 bits per heavy atom. The molecular weight excluding hydrogens is 305 g/mol. The number of hydrogen-bond donors (Lipinski definition) is 1. The number of halogens is 5. The number of para-hydroxylation sites is 2. The first-order valence-electron chi connectivity index (χ1n) is 6.30. The molecule has 0 atom stereocenters. The summed E-state index contributed by atoms with van der Waals surface area (Å²) in [5.74, 6) is -0.520. The van der Waals surface area contributed by atoms with Crippen LogP contribution in [0, 0.1) is 0 Å². The molecule has 2 aromatic rings. The molecule has 0 saturated carbocycles. The van der Waals surface area contributed by atoms with Gasteiger partial charge in [-0.15, -0.1) is 0 Å². The highest BCUT2D eigenvalue weighted by Gasteiger charge is 2.61. The van der Waals surface area contributed by atoms with Crippen LogP contribution in [0.15, 0.2) is 54.6 Å². The highest BCUT2D eigenvalue weighted by Crippen LogP contribution is 2.38. The monoisotopic (exact) mass is 317 g/mol. The second-order valence-corrected chi connectivity index (χ2v) is 4.44. The van der Waals surface area contributed by atoms with E-state index >= 15 is 0 Å². The molecule has 0 amide bonds. The van der Waals surface area contributed by atoms with Crippen LogP contribution in [0.3, 0.4) is 0 Å². The maximum atomic E-state index is 13.0. The van der Waals surface area contributed by atoms with E-state index in [2.05, 4.69) is 10.1 Å². The van der Waals surface area contributed by atoms with Crippen LogP contribution in [0.2, 0.25) is 0 Å². The number of benzene rings is 2. The molecule has 0 fully saturated rings. The highest BCUT2D eigenvalue weighted by molar-refractivity contribution is 5.45. The van der Waals surface area contributed by atoms with E-state index in [0.717, 1.165) is 6.07 Å². The maximum absolute atomic E-state index is 13.0. The van der Waals surface area contributed by atoms with Crippen LogP contribution in [0.5, 0.6) is 5.75 Å². The summed E-state index contributed by atoms with van der Waals surface area (Å²) in [6, 6.07) is 14.2. The maximum Gasteiger partial charge on any atom is 0.499 e. The first kappa shape index (κ1) is 16.1. The number of nitrogens with one attached hydrogen (secondary N) is 1. The Labute approximate surface area is 123 Å². The van der Waals surface area contributed by atoms with Gasteiger partial charge in [-0.3, -0.25) is 0 Å². The van der Waals surface area contributed by atoms with Gasteiger partial charge in [-0.1, -0.05) is 36.4 Å². The largest absolute Gasteiger partial charge is 0.499 e. The average molecular weight is 317 g/mol. The van der Waals surface area contributed by atoms with Gasteiger partial charge in [-0.2, -0.15) is 22.0 Å². The van der Waals surface area contributed by atoms with Crippen molar-refractivity contribution < 1.29 is 26.7 Å². The van der Waals surface area contributed by atoms with Gasteiger partial charge in [0, 0.05) is 17.8 Å². The average Bonchev–Trinajstić information content (AvgIpc) is 2.46. The Morgan fingerprint density at radius 2 is 1.41 bits per heavy atom. The second-order valence-electron chi connectivity index (χ2n) is 4.44. The summed E-state index contributed by atoms with van der Waals surface area (Å²) in [4.78, 5) is 0. The smallest absolute Gasteiger partial charge is 0.425 e. The summed E-state index contributed by atoms with van der Waals surface area (Å²) in [6.07, 6.45) is -11.0. The van der Waals surface area contributed by atoms with Gasteiger partial charge in [-0.25, -0.2) is 0 Å². The molecule has 7 heteroatoms. The molecule has 118 valence electrons. The Morgan fingerprint density at radius 3 is 2.05 bits per heavy atom. The zero-order valence-corrected chi connectivity index (χ0v) is 11.2. The van der Waals surface area contributed by atoms with E-state index in [9.17, 15) is 22.0 Å². The molecule has 0 aliphatic rings. The summed E-state index contributed by atoms with van der Waals surface area (Å²) < 4.78 is 66.5. The molecule has 0 unspecified atom stereocenters. The molecule has 0 aliphatic heterocycles. The molecular formula is C15H12F5NO. The van der Waals surface area contributed by atoms with Gasteiger partial charge in [-0.05, 0) is 18.2 Å². The summed E-state index contributed by atoms with van der Waals surface area (Å²) in [5.41, 5.74) is 0.898. The standard InChI is InChI=1S/C15H12F5NO/c16-14(17,18)15(19,20)22-13-9-5-4-6-11(13)10-21-12-7-2-1-3-8-12/h1-9,21H,10H2. The normalized spacial score (nSPS) is 12.0. The van der Waals surface area contributed by atoms with E-state index in [1.54, 1.807) is 30.3 Å². The van der Waals surface area contributed by atoms with Gasteiger partial charge < -0.3 is 10.1 Å². The molecule has 0 aromatic heterocycles. The van der Waals surface area contributed by atoms with Crippen molar-refractivity contribution in [1.82, 2.24) is 0 Å². The summed E-state index contributed by atoms with van der Waals surface area (Å²) in [6.45, 7) is 0.0497. The van der Waals surface area contributed by atoms with Crippen molar-refractivity contribution in [2.45, 2.75) is 18.8 Å². The van der Waals surface area contributed by atoms with E-state index in [4.69, 9.17) is 0 Å². The minimum absolute atomic E-state index is 0.0497. The SMILES string of the molecule is FC(F)(F)C(F)(F)Oc1ccccc1CNc1ccccc1. The van der Waals surface area contributed by atoms with Crippen molar-refractivity contribution in [3.05, 3.63) is 60.2 Å². The molecule has 0 spiro atoms. The van der Waals surface area contributed by atoms with Gasteiger partial charge in [0.05, 0.1) is 0 Å². The first-order chi connectivity index (χ1) is 10.3. The van der Waals surface area contributed by atoms with Crippen LogP contribution in [0.25, 0.3) is 0 Å². The Balaban J connectivity index is 2.13. The third-order valence-corrected chi connectivity index (χ3v) is 2.80. The number of alkyl halides is 5. The van der Waals surface area contributed by atoms with Crippen LogP contribution in [0.4, 0.5) is 27.6 Å². The number of rotatable bonds is 5. The Hall–Kier alpha value is -2.31. The van der Waals surface area contributed by atoms with E-state index < -0.39 is 18.0 Å². The molecule has 2 rings (SSSR count). The Bertz CT molecular complexity index is 613. The van der Waals surface area contributed by atoms with Gasteiger partial charge in [0.2, 0.25) is 0 Å². The molecule has 0 aliphatic carbocycles. The van der Waals surface area contributed by atoms with Crippen molar-refractivity contribution in [3.63, 3.8) is 0 Å². The summed E-state index contributed by atoms with van der Waals surface area (Å²) in [5, 5.41) is 2.92. The third kappa shape index (κ3) is 3.87. The van der Waals surface area contributed by atoms with Crippen LogP contribution >= 0.6 is 0 Å². The molecule has 0 saturated heterocycles. The van der Waals surface area contributed by atoms with Crippen molar-refractivity contribution in [1.29, 1.82) is 0 Å². The lowest BCUT2D eigenvalue weighted by Gasteiger charge is -2.22. The van der Waals surface area contributed by atoms with E-state index in [-0.39, 0.29) is 12.1 Å².